The number of carbonyl (C=O) groups is 1. The summed E-state index contributed by atoms with van der Waals surface area (Å²) < 4.78 is 11.5. The second-order valence-electron chi connectivity index (χ2n) is 5.84. The molecule has 4 heteroatoms. The van der Waals surface area contributed by atoms with Gasteiger partial charge in [0, 0.05) is 16.8 Å². The molecule has 2 aromatic rings. The summed E-state index contributed by atoms with van der Waals surface area (Å²) in [5, 5.41) is 2.95. The van der Waals surface area contributed by atoms with Gasteiger partial charge in [0.15, 0.2) is 5.60 Å². The largest absolute Gasteiger partial charge is 0.497 e. The number of amides is 1. The van der Waals surface area contributed by atoms with E-state index in [-0.39, 0.29) is 12.0 Å². The molecule has 0 saturated heterocycles. The first kappa shape index (κ1) is 13.3. The predicted molar refractivity (Wildman–Crippen MR) is 83.1 cm³/mol. The van der Waals surface area contributed by atoms with Gasteiger partial charge in [-0.25, -0.2) is 0 Å². The molecule has 0 saturated carbocycles. The summed E-state index contributed by atoms with van der Waals surface area (Å²) in [4.78, 5) is 12.8. The molecule has 2 atom stereocenters. The van der Waals surface area contributed by atoms with Crippen LogP contribution < -0.4 is 10.1 Å². The molecule has 0 bridgehead atoms. The van der Waals surface area contributed by atoms with Gasteiger partial charge in [0.05, 0.1) is 13.2 Å². The van der Waals surface area contributed by atoms with Crippen LogP contribution in [0.15, 0.2) is 42.5 Å². The molecule has 112 valence electrons. The molecule has 2 aromatic carbocycles. The molecule has 0 aromatic heterocycles. The molecule has 1 spiro atoms. The van der Waals surface area contributed by atoms with Crippen molar-refractivity contribution in [3.63, 3.8) is 0 Å². The number of benzene rings is 2. The number of nitrogens with one attached hydrogen (secondary N) is 1. The Bertz CT molecular complexity index is 771. The molecular weight excluding hydrogens is 278 g/mol. The Balaban J connectivity index is 1.99. The van der Waals surface area contributed by atoms with Crippen LogP contribution in [0.1, 0.15) is 23.6 Å². The summed E-state index contributed by atoms with van der Waals surface area (Å²) in [6.07, 6.45) is 0.723. The van der Waals surface area contributed by atoms with Crippen molar-refractivity contribution in [2.75, 3.05) is 12.4 Å². The van der Waals surface area contributed by atoms with Crippen LogP contribution in [0, 0.1) is 0 Å². The van der Waals surface area contributed by atoms with Crippen molar-refractivity contribution in [3.05, 3.63) is 59.2 Å². The third kappa shape index (κ3) is 1.64. The van der Waals surface area contributed by atoms with Crippen molar-refractivity contribution in [1.82, 2.24) is 0 Å². The number of fused-ring (bicyclic) bond motifs is 4. The Labute approximate surface area is 129 Å². The highest BCUT2D eigenvalue weighted by atomic mass is 16.5. The Morgan fingerprint density at radius 3 is 2.86 bits per heavy atom. The van der Waals surface area contributed by atoms with Crippen molar-refractivity contribution in [1.29, 1.82) is 0 Å². The normalized spacial score (nSPS) is 25.5. The van der Waals surface area contributed by atoms with Crippen molar-refractivity contribution < 1.29 is 14.3 Å². The van der Waals surface area contributed by atoms with E-state index in [1.165, 1.54) is 0 Å². The minimum atomic E-state index is -1.05. The lowest BCUT2D eigenvalue weighted by Crippen LogP contribution is -2.45. The standard InChI is InChI=1S/C18H17NO3/c1-11-9-12-10-13(21-2)7-8-14(12)18(22-11)15-5-3-4-6-16(15)19-17(18)20/h3-8,10-11H,9H2,1-2H3,(H,19,20). The quantitative estimate of drug-likeness (QED) is 0.880. The van der Waals surface area contributed by atoms with Gasteiger partial charge in [0.2, 0.25) is 0 Å². The number of methoxy groups -OCH3 is 1. The second-order valence-corrected chi connectivity index (χ2v) is 5.84. The van der Waals surface area contributed by atoms with Crippen LogP contribution in [0.3, 0.4) is 0 Å². The fraction of sp³-hybridized carbons (Fsp3) is 0.278. The van der Waals surface area contributed by atoms with E-state index in [0.717, 1.165) is 34.5 Å². The topological polar surface area (TPSA) is 47.6 Å². The zero-order valence-corrected chi connectivity index (χ0v) is 12.6. The Hall–Kier alpha value is -2.33. The predicted octanol–water partition coefficient (Wildman–Crippen LogP) is 2.85. The van der Waals surface area contributed by atoms with Gasteiger partial charge in [-0.1, -0.05) is 24.3 Å². The average Bonchev–Trinajstić information content (AvgIpc) is 2.79. The molecule has 4 nitrogen and oxygen atoms in total. The van der Waals surface area contributed by atoms with Crippen LogP contribution in [0.4, 0.5) is 5.69 Å². The number of rotatable bonds is 1. The minimum absolute atomic E-state index is 0.0449. The van der Waals surface area contributed by atoms with Crippen molar-refractivity contribution in [3.8, 4) is 5.75 Å². The van der Waals surface area contributed by atoms with Crippen molar-refractivity contribution in [2.45, 2.75) is 25.0 Å². The van der Waals surface area contributed by atoms with Crippen LogP contribution in [-0.2, 0) is 21.6 Å². The van der Waals surface area contributed by atoms with Crippen LogP contribution in [0.2, 0.25) is 0 Å². The van der Waals surface area contributed by atoms with E-state index in [2.05, 4.69) is 5.32 Å². The Morgan fingerprint density at radius 1 is 1.23 bits per heavy atom. The number of ether oxygens (including phenoxy) is 2. The number of anilines is 1. The molecule has 2 unspecified atom stereocenters. The lowest BCUT2D eigenvalue weighted by atomic mass is 9.80. The first-order valence-corrected chi connectivity index (χ1v) is 7.41. The SMILES string of the molecule is COc1ccc2c(c1)CC(C)OC21C(=O)Nc2ccccc21. The van der Waals surface area contributed by atoms with E-state index in [1.807, 2.05) is 49.4 Å². The smallest absolute Gasteiger partial charge is 0.266 e. The maximum absolute atomic E-state index is 12.8. The third-order valence-electron chi connectivity index (χ3n) is 4.45. The summed E-state index contributed by atoms with van der Waals surface area (Å²) in [6, 6.07) is 13.6. The summed E-state index contributed by atoms with van der Waals surface area (Å²) in [5.74, 6) is 0.682. The first-order valence-electron chi connectivity index (χ1n) is 7.41. The van der Waals surface area contributed by atoms with Crippen LogP contribution in [-0.4, -0.2) is 19.1 Å². The zero-order chi connectivity index (χ0) is 15.3. The van der Waals surface area contributed by atoms with Gasteiger partial charge in [-0.05, 0) is 37.1 Å². The fourth-order valence-electron chi connectivity index (χ4n) is 3.54. The van der Waals surface area contributed by atoms with E-state index in [4.69, 9.17) is 9.47 Å². The van der Waals surface area contributed by atoms with E-state index in [0.29, 0.717) is 0 Å². The number of para-hydroxylation sites is 1. The zero-order valence-electron chi connectivity index (χ0n) is 12.6. The molecule has 1 amide bonds. The van der Waals surface area contributed by atoms with E-state index >= 15 is 0 Å². The molecule has 2 heterocycles. The van der Waals surface area contributed by atoms with Gasteiger partial charge >= 0.3 is 0 Å². The average molecular weight is 295 g/mol. The van der Waals surface area contributed by atoms with Gasteiger partial charge in [-0.3, -0.25) is 4.79 Å². The molecule has 0 aliphatic carbocycles. The van der Waals surface area contributed by atoms with Gasteiger partial charge in [-0.2, -0.15) is 0 Å². The highest BCUT2D eigenvalue weighted by Crippen LogP contribution is 2.48. The van der Waals surface area contributed by atoms with Gasteiger partial charge in [-0.15, -0.1) is 0 Å². The monoisotopic (exact) mass is 295 g/mol. The number of hydrogen-bond acceptors (Lipinski definition) is 3. The van der Waals surface area contributed by atoms with Crippen molar-refractivity contribution >= 4 is 11.6 Å². The lowest BCUT2D eigenvalue weighted by molar-refractivity contribution is -0.144. The number of hydrogen-bond donors (Lipinski definition) is 1. The third-order valence-corrected chi connectivity index (χ3v) is 4.45. The maximum atomic E-state index is 12.8. The molecule has 0 fully saturated rings. The molecule has 22 heavy (non-hydrogen) atoms. The lowest BCUT2D eigenvalue weighted by Gasteiger charge is -2.37. The first-order chi connectivity index (χ1) is 10.6. The molecule has 1 N–H and O–H groups in total. The van der Waals surface area contributed by atoms with E-state index in [9.17, 15) is 4.79 Å². The van der Waals surface area contributed by atoms with Crippen molar-refractivity contribution in [2.24, 2.45) is 0 Å². The second kappa shape index (κ2) is 4.58. The van der Waals surface area contributed by atoms with Crippen LogP contribution >= 0.6 is 0 Å². The summed E-state index contributed by atoms with van der Waals surface area (Å²) in [7, 11) is 1.65. The Kier molecular flexibility index (Phi) is 2.78. The van der Waals surface area contributed by atoms with E-state index < -0.39 is 5.60 Å². The molecule has 2 aliphatic heterocycles. The highest BCUT2D eigenvalue weighted by Gasteiger charge is 2.53. The highest BCUT2D eigenvalue weighted by molar-refractivity contribution is 6.07. The van der Waals surface area contributed by atoms with Gasteiger partial charge in [0.1, 0.15) is 5.75 Å². The maximum Gasteiger partial charge on any atom is 0.266 e. The van der Waals surface area contributed by atoms with Crippen LogP contribution in [0.25, 0.3) is 0 Å². The van der Waals surface area contributed by atoms with Gasteiger partial charge < -0.3 is 14.8 Å². The molecule has 4 rings (SSSR count). The van der Waals surface area contributed by atoms with Gasteiger partial charge in [0.25, 0.3) is 5.91 Å². The number of carbonyl (C=O) groups excluding carboxylic acids is 1. The van der Waals surface area contributed by atoms with E-state index in [1.54, 1.807) is 7.11 Å². The molecule has 0 radical (unpaired) electrons. The minimum Gasteiger partial charge on any atom is -0.497 e. The molecule has 2 aliphatic rings. The fourth-order valence-corrected chi connectivity index (χ4v) is 3.54. The summed E-state index contributed by atoms with van der Waals surface area (Å²) in [6.45, 7) is 2.00. The Morgan fingerprint density at radius 2 is 2.05 bits per heavy atom. The summed E-state index contributed by atoms with van der Waals surface area (Å²) >= 11 is 0. The molecular formula is C18H17NO3. The van der Waals surface area contributed by atoms with Crippen LogP contribution in [0.5, 0.6) is 5.75 Å². The summed E-state index contributed by atoms with van der Waals surface area (Å²) in [5.41, 5.74) is 2.68.